The number of azo groups is 1. The van der Waals surface area contributed by atoms with Gasteiger partial charge in [0.15, 0.2) is 9.84 Å². The van der Waals surface area contributed by atoms with E-state index in [1.165, 1.54) is 24.3 Å². The Morgan fingerprint density at radius 1 is 0.837 bits per heavy atom. The maximum Gasteiger partial charge on any atom is 0.397 e. The monoisotopic (exact) mass is 705 g/mol. The Kier molecular flexibility index (Phi) is 12.0. The van der Waals surface area contributed by atoms with Gasteiger partial charge in [-0.05, 0) is 42.5 Å². The van der Waals surface area contributed by atoms with Crippen molar-refractivity contribution in [3.63, 3.8) is 0 Å². The standard InChI is InChI=1S/C19H19N3O16S5/c23-17-8-11(39-37-35-24)7-14-13(17)2-4-16(20-10-42(28,29)30)19(14)22-21-15-3-1-12(9-18(15)40-38-36-25)41(26,27)6-5-34-43(31,32)33/h1-4,7-9,20,23-25H,5-6,10H2,(H,28,29,30)(H,31,32,33). The lowest BCUT2D eigenvalue weighted by molar-refractivity contribution is -0.432. The van der Waals surface area contributed by atoms with Gasteiger partial charge in [0, 0.05) is 15.7 Å². The van der Waals surface area contributed by atoms with E-state index in [1.807, 2.05) is 0 Å². The SMILES string of the molecule is O=S(=O)(O)CNc1ccc2c(O)cc(SOOO)cc2c1N=Nc1ccc(S(=O)(=O)CCOS(=O)(=O)O)cc1SOOO. The van der Waals surface area contributed by atoms with Gasteiger partial charge >= 0.3 is 10.4 Å². The molecule has 0 atom stereocenters. The highest BCUT2D eigenvalue weighted by Gasteiger charge is 2.20. The summed E-state index contributed by atoms with van der Waals surface area (Å²) in [6.45, 7) is -0.898. The molecule has 3 rings (SSSR count). The number of benzene rings is 3. The normalized spacial score (nSPS) is 12.7. The summed E-state index contributed by atoms with van der Waals surface area (Å²) in [7, 11) is -13.6. The van der Waals surface area contributed by atoms with E-state index >= 15 is 0 Å². The topological polar surface area (TPSA) is 286 Å². The third kappa shape index (κ3) is 10.5. The minimum Gasteiger partial charge on any atom is -0.507 e. The lowest BCUT2D eigenvalue weighted by Gasteiger charge is -2.13. The molecule has 24 heteroatoms. The average Bonchev–Trinajstić information content (AvgIpc) is 2.91. The highest BCUT2D eigenvalue weighted by atomic mass is 32.3. The molecule has 6 N–H and O–H groups in total. The predicted molar refractivity (Wildman–Crippen MR) is 147 cm³/mol. The number of phenols is 1. The summed E-state index contributed by atoms with van der Waals surface area (Å²) in [4.78, 5) is -0.317. The fraction of sp³-hybridized carbons (Fsp3) is 0.158. The first-order chi connectivity index (χ1) is 20.1. The minimum atomic E-state index is -4.89. The number of aromatic hydroxyl groups is 1. The zero-order chi connectivity index (χ0) is 31.8. The second-order valence-corrected chi connectivity index (χ2v) is 13.9. The van der Waals surface area contributed by atoms with Crippen molar-refractivity contribution in [1.82, 2.24) is 0 Å². The van der Waals surface area contributed by atoms with E-state index in [0.29, 0.717) is 24.1 Å². The first kappa shape index (κ1) is 34.8. The molecule has 19 nitrogen and oxygen atoms in total. The van der Waals surface area contributed by atoms with Gasteiger partial charge in [0.1, 0.15) is 23.0 Å². The van der Waals surface area contributed by atoms with E-state index in [9.17, 15) is 34.9 Å². The Hall–Kier alpha value is -2.69. The summed E-state index contributed by atoms with van der Waals surface area (Å²) in [5.74, 6) is -2.10. The molecule has 0 saturated heterocycles. The highest BCUT2D eigenvalue weighted by molar-refractivity contribution is 7.95. The van der Waals surface area contributed by atoms with Crippen molar-refractivity contribution >= 4 is 82.3 Å². The second-order valence-electron chi connectivity index (χ2n) is 7.75. The lowest BCUT2D eigenvalue weighted by atomic mass is 10.1. The van der Waals surface area contributed by atoms with E-state index in [1.54, 1.807) is 0 Å². The number of sulfone groups is 1. The van der Waals surface area contributed by atoms with Crippen LogP contribution < -0.4 is 5.32 Å². The quantitative estimate of drug-likeness (QED) is 0.0407. The van der Waals surface area contributed by atoms with Crippen molar-refractivity contribution in [2.24, 2.45) is 10.2 Å². The second kappa shape index (κ2) is 14.9. The minimum absolute atomic E-state index is 0.00284. The van der Waals surface area contributed by atoms with Crippen LogP contribution in [0.25, 0.3) is 10.8 Å². The van der Waals surface area contributed by atoms with Crippen LogP contribution in [0.1, 0.15) is 0 Å². The van der Waals surface area contributed by atoms with Crippen LogP contribution in [0.4, 0.5) is 17.1 Å². The van der Waals surface area contributed by atoms with Crippen LogP contribution in [0.2, 0.25) is 0 Å². The summed E-state index contributed by atoms with van der Waals surface area (Å²) < 4.78 is 100. The number of rotatable bonds is 16. The van der Waals surface area contributed by atoms with E-state index in [2.05, 4.69) is 38.5 Å². The van der Waals surface area contributed by atoms with Gasteiger partial charge in [-0.2, -0.15) is 16.8 Å². The fourth-order valence-electron chi connectivity index (χ4n) is 3.26. The van der Waals surface area contributed by atoms with Crippen molar-refractivity contribution in [2.75, 3.05) is 23.6 Å². The van der Waals surface area contributed by atoms with Gasteiger partial charge in [0.25, 0.3) is 10.1 Å². The number of phenolic OH excluding ortho intramolecular Hbond substituents is 1. The molecule has 43 heavy (non-hydrogen) atoms. The number of hydrogen-bond acceptors (Lipinski definition) is 19. The molecule has 0 aromatic heterocycles. The summed E-state index contributed by atoms with van der Waals surface area (Å²) in [5.41, 5.74) is -0.199. The molecule has 0 amide bonds. The van der Waals surface area contributed by atoms with Crippen LogP contribution in [0, 0.1) is 0 Å². The number of nitrogens with zero attached hydrogens (tertiary/aromatic N) is 2. The Morgan fingerprint density at radius 3 is 2.19 bits per heavy atom. The number of hydrogen-bond donors (Lipinski definition) is 6. The summed E-state index contributed by atoms with van der Waals surface area (Å²) in [6.07, 6.45) is 0. The van der Waals surface area contributed by atoms with Crippen LogP contribution in [0.5, 0.6) is 5.75 Å². The Morgan fingerprint density at radius 2 is 1.53 bits per heavy atom. The maximum absolute atomic E-state index is 12.6. The van der Waals surface area contributed by atoms with Gasteiger partial charge in [0.2, 0.25) is 0 Å². The average molecular weight is 706 g/mol. The number of nitrogens with one attached hydrogen (secondary N) is 1. The summed E-state index contributed by atoms with van der Waals surface area (Å²) in [5, 5.41) is 45.6. The molecule has 0 radical (unpaired) electrons. The summed E-state index contributed by atoms with van der Waals surface area (Å²) in [6, 6.07) is 8.58. The van der Waals surface area contributed by atoms with Crippen LogP contribution in [0.15, 0.2) is 67.4 Å². The molecule has 0 fully saturated rings. The van der Waals surface area contributed by atoms with Crippen molar-refractivity contribution in [2.45, 2.75) is 14.7 Å². The van der Waals surface area contributed by atoms with Gasteiger partial charge in [-0.1, -0.05) is 10.1 Å². The van der Waals surface area contributed by atoms with Crippen LogP contribution >= 0.6 is 24.1 Å². The van der Waals surface area contributed by atoms with E-state index in [4.69, 9.17) is 15.1 Å². The molecule has 0 aliphatic rings. The van der Waals surface area contributed by atoms with Gasteiger partial charge in [-0.25, -0.2) is 23.1 Å². The highest BCUT2D eigenvalue weighted by Crippen LogP contribution is 2.42. The van der Waals surface area contributed by atoms with Crippen LogP contribution in [-0.2, 0) is 53.3 Å². The maximum atomic E-state index is 12.6. The van der Waals surface area contributed by atoms with Crippen LogP contribution in [0.3, 0.4) is 0 Å². The number of anilines is 1. The third-order valence-corrected chi connectivity index (χ3v) is 8.79. The van der Waals surface area contributed by atoms with Crippen molar-refractivity contribution in [3.8, 4) is 5.75 Å². The molecular weight excluding hydrogens is 687 g/mol. The Balaban J connectivity index is 2.10. The molecule has 0 unspecified atom stereocenters. The molecule has 0 aliphatic heterocycles. The molecule has 3 aromatic carbocycles. The van der Waals surface area contributed by atoms with Gasteiger partial charge < -0.3 is 10.4 Å². The van der Waals surface area contributed by atoms with Crippen molar-refractivity contribution < 1.29 is 72.9 Å². The molecule has 0 heterocycles. The molecule has 0 aliphatic carbocycles. The van der Waals surface area contributed by atoms with E-state index in [0.717, 1.165) is 18.2 Å². The van der Waals surface area contributed by atoms with Crippen molar-refractivity contribution in [3.05, 3.63) is 42.5 Å². The van der Waals surface area contributed by atoms with E-state index in [-0.39, 0.29) is 48.3 Å². The molecule has 236 valence electrons. The van der Waals surface area contributed by atoms with Gasteiger partial charge in [0.05, 0.1) is 51.9 Å². The first-order valence-electron chi connectivity index (χ1n) is 10.8. The van der Waals surface area contributed by atoms with Gasteiger partial charge in [-0.15, -0.1) is 18.9 Å². The van der Waals surface area contributed by atoms with Crippen molar-refractivity contribution in [1.29, 1.82) is 0 Å². The fourth-order valence-corrected chi connectivity index (χ4v) is 6.09. The molecule has 3 aromatic rings. The largest absolute Gasteiger partial charge is 0.507 e. The van der Waals surface area contributed by atoms with Crippen LogP contribution in [-0.4, -0.2) is 68.2 Å². The third-order valence-electron chi connectivity index (χ3n) is 4.95. The molecule has 0 spiro atoms. The zero-order valence-electron chi connectivity index (χ0n) is 20.8. The molecule has 0 saturated carbocycles. The lowest BCUT2D eigenvalue weighted by Crippen LogP contribution is -2.15. The zero-order valence-corrected chi connectivity index (χ0v) is 24.9. The molecule has 0 bridgehead atoms. The van der Waals surface area contributed by atoms with E-state index < -0.39 is 48.6 Å². The molecular formula is C19H19N3O16S5. The van der Waals surface area contributed by atoms with Gasteiger partial charge in [-0.3, -0.25) is 9.11 Å². The summed E-state index contributed by atoms with van der Waals surface area (Å²) >= 11 is 0.780. The Bertz CT molecular complexity index is 1820. The smallest absolute Gasteiger partial charge is 0.397 e. The Labute approximate surface area is 251 Å². The predicted octanol–water partition coefficient (Wildman–Crippen LogP) is 3.67. The first-order valence-corrected chi connectivity index (χ1v) is 16.9. The number of fused-ring (bicyclic) bond motifs is 1.